The van der Waals surface area contributed by atoms with E-state index in [4.69, 9.17) is 16.3 Å². The number of aromatic amines is 1. The number of rotatable bonds is 2. The zero-order valence-corrected chi connectivity index (χ0v) is 12.4. The standard InChI is InChI=1S/C16H10ClFN2O3/c17-11-5-10-6-13(22-14(10)7-12(11)18)8-2-1-3-9(4-8)15-19-16(21)23-20-15/h1-5,7,13H,6H2,(H,19,20,21)/t13-/m1/s1. The molecule has 1 aromatic heterocycles. The SMILES string of the molecule is O=c1[nH]c(-c2cccc([C@H]3Cc4cc(Cl)c(F)cc4O3)c2)no1. The van der Waals surface area contributed by atoms with Crippen LogP contribution >= 0.6 is 11.6 Å². The molecule has 1 aliphatic rings. The van der Waals surface area contributed by atoms with E-state index in [1.54, 1.807) is 12.1 Å². The van der Waals surface area contributed by atoms with Crippen LogP contribution in [0, 0.1) is 5.82 Å². The van der Waals surface area contributed by atoms with Gasteiger partial charge in [0.1, 0.15) is 17.7 Å². The summed E-state index contributed by atoms with van der Waals surface area (Å²) in [5.74, 6) is -0.265. The van der Waals surface area contributed by atoms with Gasteiger partial charge >= 0.3 is 5.76 Å². The number of hydrogen-bond acceptors (Lipinski definition) is 4. The summed E-state index contributed by atoms with van der Waals surface area (Å²) in [6.07, 6.45) is 0.343. The van der Waals surface area contributed by atoms with Gasteiger partial charge in [-0.15, -0.1) is 0 Å². The van der Waals surface area contributed by atoms with Crippen LogP contribution in [-0.2, 0) is 6.42 Å². The lowest BCUT2D eigenvalue weighted by Crippen LogP contribution is -2.03. The number of benzene rings is 2. The Morgan fingerprint density at radius 3 is 2.96 bits per heavy atom. The minimum absolute atomic E-state index is 0.0851. The highest BCUT2D eigenvalue weighted by Crippen LogP contribution is 2.39. The van der Waals surface area contributed by atoms with Crippen molar-refractivity contribution >= 4 is 11.6 Å². The number of fused-ring (bicyclic) bond motifs is 1. The van der Waals surface area contributed by atoms with E-state index in [1.807, 2.05) is 18.2 Å². The lowest BCUT2D eigenvalue weighted by Gasteiger charge is -2.11. The highest BCUT2D eigenvalue weighted by atomic mass is 35.5. The van der Waals surface area contributed by atoms with Crippen molar-refractivity contribution in [1.29, 1.82) is 0 Å². The normalized spacial score (nSPS) is 16.2. The second-order valence-electron chi connectivity index (χ2n) is 5.25. The van der Waals surface area contributed by atoms with E-state index in [9.17, 15) is 9.18 Å². The van der Waals surface area contributed by atoms with Gasteiger partial charge in [-0.3, -0.25) is 9.51 Å². The predicted molar refractivity (Wildman–Crippen MR) is 81.0 cm³/mol. The fourth-order valence-corrected chi connectivity index (χ4v) is 2.85. The minimum atomic E-state index is -0.611. The fourth-order valence-electron chi connectivity index (χ4n) is 2.66. The number of halogens is 2. The summed E-state index contributed by atoms with van der Waals surface area (Å²) in [5, 5.41) is 3.75. The number of nitrogens with one attached hydrogen (secondary N) is 1. The number of hydrogen-bond donors (Lipinski definition) is 1. The molecular formula is C16H10ClFN2O3. The molecule has 0 bridgehead atoms. The average Bonchev–Trinajstić information content (AvgIpc) is 3.14. The molecule has 0 saturated carbocycles. The molecule has 5 nitrogen and oxygen atoms in total. The monoisotopic (exact) mass is 332 g/mol. The number of ether oxygens (including phenoxy) is 1. The van der Waals surface area contributed by atoms with Crippen molar-refractivity contribution in [3.63, 3.8) is 0 Å². The van der Waals surface area contributed by atoms with Gasteiger partial charge in [0.25, 0.3) is 0 Å². The van der Waals surface area contributed by atoms with E-state index in [0.29, 0.717) is 23.6 Å². The Balaban J connectivity index is 1.66. The van der Waals surface area contributed by atoms with E-state index >= 15 is 0 Å². The maximum Gasteiger partial charge on any atom is 0.439 e. The third kappa shape index (κ3) is 2.51. The van der Waals surface area contributed by atoms with Crippen LogP contribution in [-0.4, -0.2) is 10.1 Å². The van der Waals surface area contributed by atoms with E-state index in [2.05, 4.69) is 14.7 Å². The molecule has 1 atom stereocenters. The van der Waals surface area contributed by atoms with Gasteiger partial charge < -0.3 is 4.74 Å². The first-order valence-corrected chi connectivity index (χ1v) is 7.29. The van der Waals surface area contributed by atoms with Gasteiger partial charge in [-0.2, -0.15) is 0 Å². The number of nitrogens with zero attached hydrogens (tertiary/aromatic N) is 1. The quantitative estimate of drug-likeness (QED) is 0.780. The molecule has 1 aliphatic heterocycles. The van der Waals surface area contributed by atoms with E-state index in [0.717, 1.165) is 11.1 Å². The van der Waals surface area contributed by atoms with Crippen LogP contribution in [0.3, 0.4) is 0 Å². The molecule has 0 unspecified atom stereocenters. The zero-order valence-electron chi connectivity index (χ0n) is 11.7. The molecule has 116 valence electrons. The van der Waals surface area contributed by atoms with E-state index in [-0.39, 0.29) is 11.1 Å². The van der Waals surface area contributed by atoms with Crippen molar-refractivity contribution in [2.45, 2.75) is 12.5 Å². The first-order chi connectivity index (χ1) is 11.1. The molecule has 2 aromatic carbocycles. The maximum absolute atomic E-state index is 13.5. The van der Waals surface area contributed by atoms with Crippen molar-refractivity contribution in [1.82, 2.24) is 10.1 Å². The van der Waals surface area contributed by atoms with Crippen molar-refractivity contribution in [2.24, 2.45) is 0 Å². The molecule has 2 heterocycles. The fraction of sp³-hybridized carbons (Fsp3) is 0.125. The van der Waals surface area contributed by atoms with Crippen molar-refractivity contribution < 1.29 is 13.7 Å². The molecular weight excluding hydrogens is 323 g/mol. The second-order valence-corrected chi connectivity index (χ2v) is 5.66. The molecule has 0 saturated heterocycles. The summed E-state index contributed by atoms with van der Waals surface area (Å²) >= 11 is 5.81. The van der Waals surface area contributed by atoms with E-state index in [1.165, 1.54) is 6.07 Å². The smallest absolute Gasteiger partial charge is 0.439 e. The van der Waals surface area contributed by atoms with Crippen LogP contribution in [0.15, 0.2) is 45.7 Å². The summed E-state index contributed by atoms with van der Waals surface area (Å²) in [5.41, 5.74) is 2.46. The summed E-state index contributed by atoms with van der Waals surface area (Å²) in [7, 11) is 0. The Kier molecular flexibility index (Phi) is 3.20. The zero-order chi connectivity index (χ0) is 16.0. The third-order valence-corrected chi connectivity index (χ3v) is 4.04. The Labute approximate surface area is 134 Å². The van der Waals surface area contributed by atoms with Crippen LogP contribution in [0.4, 0.5) is 4.39 Å². The lowest BCUT2D eigenvalue weighted by molar-refractivity contribution is 0.238. The molecule has 0 fully saturated rings. The summed E-state index contributed by atoms with van der Waals surface area (Å²) in [4.78, 5) is 13.6. The van der Waals surface area contributed by atoms with Gasteiger partial charge in [0, 0.05) is 18.1 Å². The molecule has 0 spiro atoms. The third-order valence-electron chi connectivity index (χ3n) is 3.75. The van der Waals surface area contributed by atoms with E-state index < -0.39 is 11.6 Å². The molecule has 0 radical (unpaired) electrons. The van der Waals surface area contributed by atoms with Crippen molar-refractivity contribution in [3.05, 3.63) is 68.9 Å². The largest absolute Gasteiger partial charge is 0.485 e. The first-order valence-electron chi connectivity index (χ1n) is 6.91. The van der Waals surface area contributed by atoms with Gasteiger partial charge in [-0.25, -0.2) is 9.18 Å². The maximum atomic E-state index is 13.5. The molecule has 1 N–H and O–H groups in total. The Hall–Kier alpha value is -2.60. The van der Waals surface area contributed by atoms with Crippen LogP contribution in [0.25, 0.3) is 11.4 Å². The summed E-state index contributed by atoms with van der Waals surface area (Å²) in [6, 6.07) is 10.3. The highest BCUT2D eigenvalue weighted by molar-refractivity contribution is 6.30. The van der Waals surface area contributed by atoms with Crippen LogP contribution in [0.2, 0.25) is 5.02 Å². The predicted octanol–water partition coefficient (Wildman–Crippen LogP) is 3.50. The molecule has 3 aromatic rings. The molecule has 4 rings (SSSR count). The second kappa shape index (κ2) is 5.24. The molecule has 0 aliphatic carbocycles. The minimum Gasteiger partial charge on any atom is -0.485 e. The van der Waals surface area contributed by atoms with Crippen LogP contribution in [0.5, 0.6) is 5.75 Å². The first kappa shape index (κ1) is 14.0. The van der Waals surface area contributed by atoms with Gasteiger partial charge in [-0.05, 0) is 23.3 Å². The van der Waals surface area contributed by atoms with Crippen molar-refractivity contribution in [2.75, 3.05) is 0 Å². The Morgan fingerprint density at radius 2 is 2.17 bits per heavy atom. The summed E-state index contributed by atoms with van der Waals surface area (Å²) in [6.45, 7) is 0. The molecule has 23 heavy (non-hydrogen) atoms. The molecule has 0 amide bonds. The van der Waals surface area contributed by atoms with Crippen molar-refractivity contribution in [3.8, 4) is 17.1 Å². The molecule has 7 heteroatoms. The van der Waals surface area contributed by atoms with Crippen LogP contribution < -0.4 is 10.5 Å². The lowest BCUT2D eigenvalue weighted by atomic mass is 10.0. The number of H-pyrrole nitrogens is 1. The van der Waals surface area contributed by atoms with Gasteiger partial charge in [0.15, 0.2) is 5.82 Å². The van der Waals surface area contributed by atoms with Gasteiger partial charge in [0.2, 0.25) is 0 Å². The highest BCUT2D eigenvalue weighted by Gasteiger charge is 2.26. The average molecular weight is 333 g/mol. The summed E-state index contributed by atoms with van der Waals surface area (Å²) < 4.78 is 23.8. The van der Waals surface area contributed by atoms with Crippen LogP contribution in [0.1, 0.15) is 17.2 Å². The Morgan fingerprint density at radius 1 is 1.30 bits per heavy atom. The number of aromatic nitrogens is 2. The topological polar surface area (TPSA) is 68.1 Å². The van der Waals surface area contributed by atoms with Gasteiger partial charge in [0.05, 0.1) is 5.02 Å². The van der Waals surface area contributed by atoms with Gasteiger partial charge in [-0.1, -0.05) is 35.0 Å². The Bertz CT molecular complexity index is 919.